The Morgan fingerprint density at radius 2 is 2.36 bits per heavy atom. The highest BCUT2D eigenvalue weighted by atomic mass is 15.2. The molecule has 0 spiro atoms. The van der Waals surface area contributed by atoms with E-state index in [9.17, 15) is 0 Å². The van der Waals surface area contributed by atoms with Gasteiger partial charge < -0.3 is 5.32 Å². The Morgan fingerprint density at radius 1 is 1.50 bits per heavy atom. The van der Waals surface area contributed by atoms with Crippen LogP contribution in [0.2, 0.25) is 0 Å². The van der Waals surface area contributed by atoms with Crippen LogP contribution in [0, 0.1) is 5.92 Å². The van der Waals surface area contributed by atoms with Gasteiger partial charge >= 0.3 is 0 Å². The van der Waals surface area contributed by atoms with Crippen LogP contribution >= 0.6 is 0 Å². The molecule has 2 heteroatoms. The normalized spacial score (nSPS) is 29.6. The maximum absolute atomic E-state index is 3.44. The fourth-order valence-corrected chi connectivity index (χ4v) is 2.51. The first-order chi connectivity index (χ1) is 6.77. The van der Waals surface area contributed by atoms with Crippen LogP contribution in [-0.2, 0) is 0 Å². The summed E-state index contributed by atoms with van der Waals surface area (Å²) in [5, 5.41) is 3.44. The molecule has 2 rings (SSSR count). The molecule has 1 fully saturated rings. The van der Waals surface area contributed by atoms with Crippen molar-refractivity contribution in [2.45, 2.75) is 32.7 Å². The highest BCUT2D eigenvalue weighted by molar-refractivity contribution is 5.10. The topological polar surface area (TPSA) is 15.3 Å². The maximum atomic E-state index is 3.44. The van der Waals surface area contributed by atoms with E-state index in [1.807, 2.05) is 0 Å². The molecule has 0 aromatic rings. The largest absolute Gasteiger partial charge is 0.315 e. The molecule has 0 amide bonds. The smallest absolute Gasteiger partial charge is 0.0236 e. The molecular formula is C12H22N2. The molecule has 2 aliphatic heterocycles. The summed E-state index contributed by atoms with van der Waals surface area (Å²) in [6.07, 6.45) is 5.07. The summed E-state index contributed by atoms with van der Waals surface area (Å²) in [5.41, 5.74) is 1.66. The standard InChI is InChI=1S/C12H22N2/c1-10(2)11-4-7-14(8-5-11)12-3-6-13-9-12/h4,10,12-13H,3,5-9H2,1-2H3. The van der Waals surface area contributed by atoms with Gasteiger partial charge in [0, 0.05) is 25.7 Å². The van der Waals surface area contributed by atoms with Crippen molar-refractivity contribution >= 4 is 0 Å². The van der Waals surface area contributed by atoms with Gasteiger partial charge in [-0.25, -0.2) is 0 Å². The van der Waals surface area contributed by atoms with Crippen LogP contribution in [0.25, 0.3) is 0 Å². The van der Waals surface area contributed by atoms with Gasteiger partial charge in [-0.2, -0.15) is 0 Å². The van der Waals surface area contributed by atoms with Crippen molar-refractivity contribution in [3.05, 3.63) is 11.6 Å². The van der Waals surface area contributed by atoms with E-state index in [1.54, 1.807) is 5.57 Å². The third-order valence-corrected chi connectivity index (χ3v) is 3.57. The van der Waals surface area contributed by atoms with Gasteiger partial charge in [-0.1, -0.05) is 25.5 Å². The first-order valence-corrected chi connectivity index (χ1v) is 5.91. The lowest BCUT2D eigenvalue weighted by molar-refractivity contribution is 0.221. The molecule has 0 aliphatic carbocycles. The van der Waals surface area contributed by atoms with Gasteiger partial charge in [0.1, 0.15) is 0 Å². The van der Waals surface area contributed by atoms with E-state index >= 15 is 0 Å². The molecule has 1 saturated heterocycles. The van der Waals surface area contributed by atoms with Crippen molar-refractivity contribution in [1.29, 1.82) is 0 Å². The molecule has 14 heavy (non-hydrogen) atoms. The van der Waals surface area contributed by atoms with E-state index in [1.165, 1.54) is 39.0 Å². The van der Waals surface area contributed by atoms with Gasteiger partial charge in [-0.3, -0.25) is 4.90 Å². The Morgan fingerprint density at radius 3 is 2.86 bits per heavy atom. The van der Waals surface area contributed by atoms with E-state index in [0.717, 1.165) is 12.0 Å². The highest BCUT2D eigenvalue weighted by Crippen LogP contribution is 2.21. The van der Waals surface area contributed by atoms with Gasteiger partial charge in [-0.15, -0.1) is 0 Å². The Hall–Kier alpha value is -0.340. The van der Waals surface area contributed by atoms with E-state index in [4.69, 9.17) is 0 Å². The molecular weight excluding hydrogens is 172 g/mol. The summed E-state index contributed by atoms with van der Waals surface area (Å²) in [7, 11) is 0. The van der Waals surface area contributed by atoms with Crippen molar-refractivity contribution in [3.63, 3.8) is 0 Å². The average Bonchev–Trinajstić information content (AvgIpc) is 2.71. The average molecular weight is 194 g/mol. The number of nitrogens with zero attached hydrogens (tertiary/aromatic N) is 1. The summed E-state index contributed by atoms with van der Waals surface area (Å²) >= 11 is 0. The van der Waals surface area contributed by atoms with Crippen LogP contribution < -0.4 is 5.32 Å². The minimum atomic E-state index is 0.749. The lowest BCUT2D eigenvalue weighted by atomic mass is 9.96. The zero-order valence-electron chi connectivity index (χ0n) is 9.42. The van der Waals surface area contributed by atoms with Crippen LogP contribution in [0.15, 0.2) is 11.6 Å². The third-order valence-electron chi connectivity index (χ3n) is 3.57. The summed E-state index contributed by atoms with van der Waals surface area (Å²) in [5.74, 6) is 0.749. The lowest BCUT2D eigenvalue weighted by Gasteiger charge is -2.32. The molecule has 2 aliphatic rings. The lowest BCUT2D eigenvalue weighted by Crippen LogP contribution is -2.40. The number of hydrogen-bond donors (Lipinski definition) is 1. The minimum absolute atomic E-state index is 0.749. The van der Waals surface area contributed by atoms with Crippen LogP contribution in [-0.4, -0.2) is 37.1 Å². The predicted octanol–water partition coefficient (Wildman–Crippen LogP) is 1.64. The van der Waals surface area contributed by atoms with E-state index in [0.29, 0.717) is 0 Å². The Kier molecular flexibility index (Phi) is 3.24. The van der Waals surface area contributed by atoms with Gasteiger partial charge in [0.05, 0.1) is 0 Å². The molecule has 0 aromatic heterocycles. The van der Waals surface area contributed by atoms with E-state index in [2.05, 4.69) is 30.1 Å². The second kappa shape index (κ2) is 4.45. The van der Waals surface area contributed by atoms with Crippen molar-refractivity contribution in [2.75, 3.05) is 26.2 Å². The molecule has 2 heterocycles. The molecule has 0 aromatic carbocycles. The van der Waals surface area contributed by atoms with Crippen molar-refractivity contribution in [1.82, 2.24) is 10.2 Å². The third kappa shape index (κ3) is 2.18. The zero-order valence-corrected chi connectivity index (χ0v) is 9.42. The van der Waals surface area contributed by atoms with Crippen LogP contribution in [0.5, 0.6) is 0 Å². The summed E-state index contributed by atoms with van der Waals surface area (Å²) in [6.45, 7) is 9.47. The SMILES string of the molecule is CC(C)C1=CCN(C2CCNC2)CC1. The first kappa shape index (κ1) is 10.2. The van der Waals surface area contributed by atoms with Crippen LogP contribution in [0.3, 0.4) is 0 Å². The molecule has 0 bridgehead atoms. The maximum Gasteiger partial charge on any atom is 0.0236 e. The molecule has 0 saturated carbocycles. The van der Waals surface area contributed by atoms with Crippen LogP contribution in [0.1, 0.15) is 26.7 Å². The molecule has 2 nitrogen and oxygen atoms in total. The first-order valence-electron chi connectivity index (χ1n) is 5.91. The summed E-state index contributed by atoms with van der Waals surface area (Å²) in [6, 6.07) is 0.806. The zero-order chi connectivity index (χ0) is 9.97. The summed E-state index contributed by atoms with van der Waals surface area (Å²) in [4.78, 5) is 2.63. The van der Waals surface area contributed by atoms with Gasteiger partial charge in [0.15, 0.2) is 0 Å². The van der Waals surface area contributed by atoms with Crippen molar-refractivity contribution in [3.8, 4) is 0 Å². The molecule has 1 atom stereocenters. The number of rotatable bonds is 2. The van der Waals surface area contributed by atoms with Gasteiger partial charge in [-0.05, 0) is 25.3 Å². The van der Waals surface area contributed by atoms with Crippen molar-refractivity contribution < 1.29 is 0 Å². The number of nitrogens with one attached hydrogen (secondary N) is 1. The predicted molar refractivity (Wildman–Crippen MR) is 60.4 cm³/mol. The monoisotopic (exact) mass is 194 g/mol. The fraction of sp³-hybridized carbons (Fsp3) is 0.833. The molecule has 1 N–H and O–H groups in total. The van der Waals surface area contributed by atoms with Gasteiger partial charge in [0.2, 0.25) is 0 Å². The highest BCUT2D eigenvalue weighted by Gasteiger charge is 2.23. The quantitative estimate of drug-likeness (QED) is 0.672. The molecule has 0 radical (unpaired) electrons. The van der Waals surface area contributed by atoms with Crippen LogP contribution in [0.4, 0.5) is 0 Å². The Bertz CT molecular complexity index is 214. The van der Waals surface area contributed by atoms with E-state index < -0.39 is 0 Å². The molecule has 80 valence electrons. The summed E-state index contributed by atoms with van der Waals surface area (Å²) < 4.78 is 0. The number of hydrogen-bond acceptors (Lipinski definition) is 2. The Balaban J connectivity index is 1.88. The molecule has 1 unspecified atom stereocenters. The Labute approximate surface area is 87.4 Å². The second-order valence-electron chi connectivity index (χ2n) is 4.83. The van der Waals surface area contributed by atoms with Gasteiger partial charge in [0.25, 0.3) is 0 Å². The second-order valence-corrected chi connectivity index (χ2v) is 4.83. The fourth-order valence-electron chi connectivity index (χ4n) is 2.51. The van der Waals surface area contributed by atoms with E-state index in [-0.39, 0.29) is 0 Å². The van der Waals surface area contributed by atoms with Crippen molar-refractivity contribution in [2.24, 2.45) is 5.92 Å². The minimum Gasteiger partial charge on any atom is -0.315 e.